The number of halogens is 1. The van der Waals surface area contributed by atoms with Crippen molar-refractivity contribution < 1.29 is 18.9 Å². The van der Waals surface area contributed by atoms with Crippen LogP contribution in [0.1, 0.15) is 17.2 Å². The Kier molecular flexibility index (Phi) is 4.71. The van der Waals surface area contributed by atoms with Crippen molar-refractivity contribution in [3.63, 3.8) is 0 Å². The molecule has 2 aromatic carbocycles. The first-order valence-corrected chi connectivity index (χ1v) is 9.01. The Labute approximate surface area is 165 Å². The van der Waals surface area contributed by atoms with Crippen LogP contribution < -0.4 is 10.6 Å². The Balaban J connectivity index is 1.56. The molecule has 0 aliphatic carbocycles. The van der Waals surface area contributed by atoms with Gasteiger partial charge in [0.25, 0.3) is 11.6 Å². The van der Waals surface area contributed by atoms with Crippen LogP contribution in [0.2, 0.25) is 0 Å². The average Bonchev–Trinajstić information content (AvgIpc) is 3.02. The zero-order valence-electron chi connectivity index (χ0n) is 15.2. The summed E-state index contributed by atoms with van der Waals surface area (Å²) in [7, 11) is 0. The quantitative estimate of drug-likeness (QED) is 0.598. The second-order valence-corrected chi connectivity index (χ2v) is 6.88. The van der Waals surface area contributed by atoms with Crippen molar-refractivity contribution in [2.24, 2.45) is 0 Å². The SMILES string of the molecule is O=C1NC2=C(C(=O)N(CCc3ccc(F)cc3)C2)C(c2cccc([N+](=O)[O-])c2)N1. The summed E-state index contributed by atoms with van der Waals surface area (Å²) >= 11 is 0. The molecule has 0 saturated carbocycles. The lowest BCUT2D eigenvalue weighted by atomic mass is 9.96. The Bertz CT molecular complexity index is 1040. The summed E-state index contributed by atoms with van der Waals surface area (Å²) < 4.78 is 13.0. The summed E-state index contributed by atoms with van der Waals surface area (Å²) in [6.07, 6.45) is 0.537. The van der Waals surface area contributed by atoms with Crippen molar-refractivity contribution in [3.05, 3.63) is 86.9 Å². The maximum atomic E-state index is 13.0. The standard InChI is InChI=1S/C20H17FN4O4/c21-14-6-4-12(5-7-14)8-9-24-11-16-17(19(24)26)18(23-20(27)22-16)13-2-1-3-15(10-13)25(28)29/h1-7,10,18H,8-9,11H2,(H2,22,23,27). The maximum absolute atomic E-state index is 13.0. The molecular weight excluding hydrogens is 379 g/mol. The summed E-state index contributed by atoms with van der Waals surface area (Å²) in [6, 6.07) is 10.7. The molecule has 2 N–H and O–H groups in total. The third-order valence-corrected chi connectivity index (χ3v) is 5.02. The van der Waals surface area contributed by atoms with Crippen LogP contribution in [0, 0.1) is 15.9 Å². The van der Waals surface area contributed by atoms with Crippen LogP contribution in [0.15, 0.2) is 59.8 Å². The minimum atomic E-state index is -0.762. The average molecular weight is 396 g/mol. The zero-order valence-corrected chi connectivity index (χ0v) is 15.2. The van der Waals surface area contributed by atoms with Gasteiger partial charge in [-0.3, -0.25) is 14.9 Å². The highest BCUT2D eigenvalue weighted by molar-refractivity contribution is 6.01. The summed E-state index contributed by atoms with van der Waals surface area (Å²) in [5, 5.41) is 16.4. The highest BCUT2D eigenvalue weighted by Crippen LogP contribution is 2.33. The molecule has 0 radical (unpaired) electrons. The molecule has 4 rings (SSSR count). The molecule has 2 aromatic rings. The lowest BCUT2D eigenvalue weighted by molar-refractivity contribution is -0.384. The topological polar surface area (TPSA) is 105 Å². The predicted molar refractivity (Wildman–Crippen MR) is 101 cm³/mol. The summed E-state index contributed by atoms with van der Waals surface area (Å²) in [4.78, 5) is 37.2. The Hall–Kier alpha value is -3.75. The van der Waals surface area contributed by atoms with Gasteiger partial charge in [0.05, 0.1) is 28.8 Å². The van der Waals surface area contributed by atoms with Crippen LogP contribution >= 0.6 is 0 Å². The lowest BCUT2D eigenvalue weighted by Gasteiger charge is -2.25. The van der Waals surface area contributed by atoms with E-state index in [2.05, 4.69) is 10.6 Å². The summed E-state index contributed by atoms with van der Waals surface area (Å²) in [6.45, 7) is 0.642. The lowest BCUT2D eigenvalue weighted by Crippen LogP contribution is -2.44. The molecule has 0 spiro atoms. The molecule has 1 unspecified atom stereocenters. The second kappa shape index (κ2) is 7.34. The molecule has 0 bridgehead atoms. The number of rotatable bonds is 5. The van der Waals surface area contributed by atoms with E-state index in [9.17, 15) is 24.1 Å². The molecular formula is C20H17FN4O4. The van der Waals surface area contributed by atoms with Gasteiger partial charge in [0.2, 0.25) is 0 Å². The Morgan fingerprint density at radius 2 is 1.93 bits per heavy atom. The predicted octanol–water partition coefficient (Wildman–Crippen LogP) is 2.43. The first-order valence-electron chi connectivity index (χ1n) is 9.01. The fourth-order valence-corrected chi connectivity index (χ4v) is 3.59. The molecule has 8 nitrogen and oxygen atoms in total. The van der Waals surface area contributed by atoms with E-state index in [0.29, 0.717) is 29.8 Å². The van der Waals surface area contributed by atoms with Crippen molar-refractivity contribution in [2.75, 3.05) is 13.1 Å². The Morgan fingerprint density at radius 1 is 1.17 bits per heavy atom. The van der Waals surface area contributed by atoms with Gasteiger partial charge in [-0.1, -0.05) is 24.3 Å². The van der Waals surface area contributed by atoms with Crippen molar-refractivity contribution in [2.45, 2.75) is 12.5 Å². The maximum Gasteiger partial charge on any atom is 0.319 e. The molecule has 2 heterocycles. The van der Waals surface area contributed by atoms with Crippen molar-refractivity contribution in [1.29, 1.82) is 0 Å². The molecule has 29 heavy (non-hydrogen) atoms. The molecule has 3 amide bonds. The van der Waals surface area contributed by atoms with Crippen LogP contribution in [0.4, 0.5) is 14.9 Å². The number of carbonyl (C=O) groups excluding carboxylic acids is 2. The number of nitro groups is 1. The molecule has 0 fully saturated rings. The molecule has 148 valence electrons. The van der Waals surface area contributed by atoms with Gasteiger partial charge in [-0.05, 0) is 29.7 Å². The molecule has 2 aliphatic rings. The van der Waals surface area contributed by atoms with Gasteiger partial charge < -0.3 is 15.5 Å². The van der Waals surface area contributed by atoms with Crippen molar-refractivity contribution in [1.82, 2.24) is 15.5 Å². The number of nitrogens with one attached hydrogen (secondary N) is 2. The normalized spacial score (nSPS) is 18.4. The number of non-ortho nitro benzene ring substituents is 1. The van der Waals surface area contributed by atoms with Crippen LogP contribution in [0.25, 0.3) is 0 Å². The van der Waals surface area contributed by atoms with Gasteiger partial charge in [0.1, 0.15) is 5.82 Å². The first-order chi connectivity index (χ1) is 13.9. The number of amides is 3. The van der Waals surface area contributed by atoms with Gasteiger partial charge >= 0.3 is 6.03 Å². The smallest absolute Gasteiger partial charge is 0.319 e. The van der Waals surface area contributed by atoms with E-state index in [4.69, 9.17) is 0 Å². The van der Waals surface area contributed by atoms with Crippen molar-refractivity contribution >= 4 is 17.6 Å². The third-order valence-electron chi connectivity index (χ3n) is 5.02. The zero-order chi connectivity index (χ0) is 20.5. The number of nitrogens with zero attached hydrogens (tertiary/aromatic N) is 2. The number of nitro benzene ring substituents is 1. The van der Waals surface area contributed by atoms with Gasteiger partial charge in [0, 0.05) is 18.7 Å². The monoisotopic (exact) mass is 396 g/mol. The van der Waals surface area contributed by atoms with E-state index in [-0.39, 0.29) is 24.0 Å². The summed E-state index contributed by atoms with van der Waals surface area (Å²) in [5.74, 6) is -0.567. The van der Waals surface area contributed by atoms with E-state index in [0.717, 1.165) is 5.56 Å². The number of carbonyl (C=O) groups is 2. The highest BCUT2D eigenvalue weighted by atomic mass is 19.1. The fourth-order valence-electron chi connectivity index (χ4n) is 3.59. The molecule has 1 atom stereocenters. The van der Waals surface area contributed by atoms with Crippen LogP contribution in [-0.2, 0) is 11.2 Å². The van der Waals surface area contributed by atoms with Gasteiger partial charge in [0.15, 0.2) is 0 Å². The van der Waals surface area contributed by atoms with Gasteiger partial charge in [-0.2, -0.15) is 0 Å². The van der Waals surface area contributed by atoms with E-state index in [1.165, 1.54) is 30.3 Å². The Morgan fingerprint density at radius 3 is 2.66 bits per heavy atom. The molecule has 0 saturated heterocycles. The van der Waals surface area contributed by atoms with Crippen molar-refractivity contribution in [3.8, 4) is 0 Å². The van der Waals surface area contributed by atoms with Gasteiger partial charge in [-0.15, -0.1) is 0 Å². The first kappa shape index (κ1) is 18.6. The van der Waals surface area contributed by atoms with Crippen LogP contribution in [-0.4, -0.2) is 34.9 Å². The number of hydrogen-bond acceptors (Lipinski definition) is 4. The van der Waals surface area contributed by atoms with E-state index in [1.54, 1.807) is 23.1 Å². The number of benzene rings is 2. The molecule has 9 heteroatoms. The summed E-state index contributed by atoms with van der Waals surface area (Å²) in [5.41, 5.74) is 2.12. The second-order valence-electron chi connectivity index (χ2n) is 6.88. The highest BCUT2D eigenvalue weighted by Gasteiger charge is 2.40. The van der Waals surface area contributed by atoms with E-state index < -0.39 is 17.0 Å². The van der Waals surface area contributed by atoms with Crippen LogP contribution in [0.5, 0.6) is 0 Å². The van der Waals surface area contributed by atoms with E-state index >= 15 is 0 Å². The molecule has 0 aromatic heterocycles. The fraction of sp³-hybridized carbons (Fsp3) is 0.200. The minimum absolute atomic E-state index is 0.115. The van der Waals surface area contributed by atoms with E-state index in [1.807, 2.05) is 0 Å². The molecule has 2 aliphatic heterocycles. The number of urea groups is 1. The van der Waals surface area contributed by atoms with Gasteiger partial charge in [-0.25, -0.2) is 9.18 Å². The number of hydrogen-bond donors (Lipinski definition) is 2. The minimum Gasteiger partial charge on any atom is -0.333 e. The largest absolute Gasteiger partial charge is 0.333 e. The van der Waals surface area contributed by atoms with Crippen LogP contribution in [0.3, 0.4) is 0 Å². The third kappa shape index (κ3) is 3.66.